The number of aromatic carboxylic acids is 1. The molecular weight excluding hydrogens is 268 g/mol. The first kappa shape index (κ1) is 15.8. The summed E-state index contributed by atoms with van der Waals surface area (Å²) < 4.78 is 0. The number of anilines is 1. The molecule has 1 heterocycles. The number of aryl methyl sites for hydroxylation is 1. The lowest BCUT2D eigenvalue weighted by atomic mass is 9.79. The van der Waals surface area contributed by atoms with E-state index in [4.69, 9.17) is 5.11 Å². The summed E-state index contributed by atoms with van der Waals surface area (Å²) in [7, 11) is 0. The first-order valence-corrected chi connectivity index (χ1v) is 7.73. The van der Waals surface area contributed by atoms with E-state index in [2.05, 4.69) is 10.3 Å². The maximum absolute atomic E-state index is 11.1. The summed E-state index contributed by atoms with van der Waals surface area (Å²) in [6.07, 6.45) is 5.28. The summed E-state index contributed by atoms with van der Waals surface area (Å²) in [5, 5.41) is 21.8. The molecule has 5 heteroatoms. The van der Waals surface area contributed by atoms with Gasteiger partial charge in [-0.2, -0.15) is 0 Å². The van der Waals surface area contributed by atoms with Crippen molar-refractivity contribution in [2.75, 3.05) is 18.5 Å². The Kier molecular flexibility index (Phi) is 5.56. The minimum atomic E-state index is -0.930. The molecule has 1 aromatic heterocycles. The van der Waals surface area contributed by atoms with Crippen LogP contribution in [0.1, 0.15) is 48.7 Å². The minimum Gasteiger partial charge on any atom is -0.478 e. The van der Waals surface area contributed by atoms with Crippen molar-refractivity contribution in [3.05, 3.63) is 23.4 Å². The zero-order chi connectivity index (χ0) is 15.2. The second kappa shape index (κ2) is 7.41. The predicted octanol–water partition coefficient (Wildman–Crippen LogP) is 2.55. The lowest BCUT2D eigenvalue weighted by molar-refractivity contribution is 0.0696. The molecule has 2 atom stereocenters. The Bertz CT molecular complexity index is 490. The molecule has 21 heavy (non-hydrogen) atoms. The Morgan fingerprint density at radius 2 is 2.05 bits per heavy atom. The Balaban J connectivity index is 2.04. The molecule has 0 aromatic carbocycles. The van der Waals surface area contributed by atoms with E-state index in [0.29, 0.717) is 24.1 Å². The number of pyridine rings is 1. The van der Waals surface area contributed by atoms with Gasteiger partial charge >= 0.3 is 5.97 Å². The standard InChI is InChI=1S/C16H24N2O3/c1-2-14-7-13(16(20)21)8-15(18-14)17-9-11-5-3-4-6-12(11)10-19/h7-8,11-12,19H,2-6,9-10H2,1H3,(H,17,18)(H,20,21). The number of aliphatic hydroxyl groups is 1. The van der Waals surface area contributed by atoms with E-state index >= 15 is 0 Å². The van der Waals surface area contributed by atoms with E-state index < -0.39 is 5.97 Å². The summed E-state index contributed by atoms with van der Waals surface area (Å²) >= 11 is 0. The van der Waals surface area contributed by atoms with Gasteiger partial charge < -0.3 is 15.5 Å². The fourth-order valence-electron chi connectivity index (χ4n) is 3.01. The van der Waals surface area contributed by atoms with Gasteiger partial charge in [0, 0.05) is 18.8 Å². The number of aromatic nitrogens is 1. The Hall–Kier alpha value is -1.62. The molecule has 3 N–H and O–H groups in total. The van der Waals surface area contributed by atoms with Gasteiger partial charge in [-0.15, -0.1) is 0 Å². The number of aliphatic hydroxyl groups excluding tert-OH is 1. The van der Waals surface area contributed by atoms with E-state index in [-0.39, 0.29) is 12.2 Å². The molecule has 5 nitrogen and oxygen atoms in total. The molecule has 1 saturated carbocycles. The number of carboxylic acid groups (broad SMARTS) is 1. The van der Waals surface area contributed by atoms with Crippen LogP contribution in [-0.2, 0) is 6.42 Å². The predicted molar refractivity (Wildman–Crippen MR) is 81.6 cm³/mol. The second-order valence-electron chi connectivity index (χ2n) is 5.76. The highest BCUT2D eigenvalue weighted by Crippen LogP contribution is 2.29. The van der Waals surface area contributed by atoms with Gasteiger partial charge in [0.15, 0.2) is 0 Å². The fraction of sp³-hybridized carbons (Fsp3) is 0.625. The van der Waals surface area contributed by atoms with Crippen LogP contribution in [0.2, 0.25) is 0 Å². The van der Waals surface area contributed by atoms with Crippen molar-refractivity contribution in [3.63, 3.8) is 0 Å². The van der Waals surface area contributed by atoms with Gasteiger partial charge in [0.05, 0.1) is 5.56 Å². The van der Waals surface area contributed by atoms with Crippen molar-refractivity contribution in [3.8, 4) is 0 Å². The summed E-state index contributed by atoms with van der Waals surface area (Å²) in [5.74, 6) is 0.471. The average molecular weight is 292 g/mol. The Morgan fingerprint density at radius 1 is 1.33 bits per heavy atom. The molecule has 0 aliphatic heterocycles. The lowest BCUT2D eigenvalue weighted by Crippen LogP contribution is -2.28. The molecule has 2 unspecified atom stereocenters. The molecule has 0 bridgehead atoms. The van der Waals surface area contributed by atoms with Crippen molar-refractivity contribution in [2.24, 2.45) is 11.8 Å². The summed E-state index contributed by atoms with van der Waals surface area (Å²) in [5.41, 5.74) is 1.05. The molecule has 116 valence electrons. The normalized spacial score (nSPS) is 22.0. The zero-order valence-corrected chi connectivity index (χ0v) is 12.5. The molecule has 1 aliphatic carbocycles. The lowest BCUT2D eigenvalue weighted by Gasteiger charge is -2.30. The number of nitrogens with one attached hydrogen (secondary N) is 1. The van der Waals surface area contributed by atoms with E-state index in [1.54, 1.807) is 12.1 Å². The molecule has 1 aliphatic rings. The number of hydrogen-bond acceptors (Lipinski definition) is 4. The third kappa shape index (κ3) is 4.17. The van der Waals surface area contributed by atoms with Gasteiger partial charge in [0.1, 0.15) is 5.82 Å². The molecule has 0 amide bonds. The number of nitrogens with zero attached hydrogens (tertiary/aromatic N) is 1. The van der Waals surface area contributed by atoms with Crippen molar-refractivity contribution in [1.29, 1.82) is 0 Å². The van der Waals surface area contributed by atoms with Crippen LogP contribution >= 0.6 is 0 Å². The Labute approximate surface area is 125 Å². The first-order valence-electron chi connectivity index (χ1n) is 7.73. The highest BCUT2D eigenvalue weighted by Gasteiger charge is 2.24. The van der Waals surface area contributed by atoms with E-state index in [0.717, 1.165) is 25.1 Å². The van der Waals surface area contributed by atoms with Crippen LogP contribution in [-0.4, -0.2) is 34.3 Å². The van der Waals surface area contributed by atoms with Gasteiger partial charge in [-0.1, -0.05) is 19.8 Å². The molecule has 0 spiro atoms. The van der Waals surface area contributed by atoms with Gasteiger partial charge in [-0.05, 0) is 43.2 Å². The van der Waals surface area contributed by atoms with Crippen molar-refractivity contribution < 1.29 is 15.0 Å². The van der Waals surface area contributed by atoms with E-state index in [1.165, 1.54) is 12.8 Å². The first-order chi connectivity index (χ1) is 10.1. The molecular formula is C16H24N2O3. The maximum Gasteiger partial charge on any atom is 0.335 e. The van der Waals surface area contributed by atoms with Gasteiger partial charge in [0.25, 0.3) is 0 Å². The Morgan fingerprint density at radius 3 is 2.67 bits per heavy atom. The third-order valence-electron chi connectivity index (χ3n) is 4.33. The van der Waals surface area contributed by atoms with Crippen molar-refractivity contribution >= 4 is 11.8 Å². The zero-order valence-electron chi connectivity index (χ0n) is 12.5. The topological polar surface area (TPSA) is 82.5 Å². The van der Waals surface area contributed by atoms with Gasteiger partial charge in [0.2, 0.25) is 0 Å². The van der Waals surface area contributed by atoms with Crippen LogP contribution in [0.25, 0.3) is 0 Å². The maximum atomic E-state index is 11.1. The van der Waals surface area contributed by atoms with E-state index in [1.807, 2.05) is 6.92 Å². The number of carboxylic acids is 1. The molecule has 2 rings (SSSR count). The largest absolute Gasteiger partial charge is 0.478 e. The monoisotopic (exact) mass is 292 g/mol. The molecule has 0 saturated heterocycles. The van der Waals surface area contributed by atoms with Crippen LogP contribution in [0.5, 0.6) is 0 Å². The smallest absolute Gasteiger partial charge is 0.335 e. The van der Waals surface area contributed by atoms with Gasteiger partial charge in [-0.25, -0.2) is 9.78 Å². The van der Waals surface area contributed by atoms with Crippen LogP contribution in [0, 0.1) is 11.8 Å². The van der Waals surface area contributed by atoms with Crippen LogP contribution in [0.15, 0.2) is 12.1 Å². The highest BCUT2D eigenvalue weighted by atomic mass is 16.4. The molecule has 1 aromatic rings. The molecule has 1 fully saturated rings. The second-order valence-corrected chi connectivity index (χ2v) is 5.76. The summed E-state index contributed by atoms with van der Waals surface area (Å²) in [6, 6.07) is 3.20. The fourth-order valence-corrected chi connectivity index (χ4v) is 3.01. The highest BCUT2D eigenvalue weighted by molar-refractivity contribution is 5.88. The number of rotatable bonds is 6. The van der Waals surface area contributed by atoms with Gasteiger partial charge in [-0.3, -0.25) is 0 Å². The minimum absolute atomic E-state index is 0.231. The van der Waals surface area contributed by atoms with E-state index in [9.17, 15) is 9.90 Å². The average Bonchev–Trinajstić information content (AvgIpc) is 2.52. The SMILES string of the molecule is CCc1cc(C(=O)O)cc(NCC2CCCCC2CO)n1. The van der Waals surface area contributed by atoms with Crippen LogP contribution < -0.4 is 5.32 Å². The number of carbonyl (C=O) groups is 1. The molecule has 0 radical (unpaired) electrons. The third-order valence-corrected chi connectivity index (χ3v) is 4.33. The summed E-state index contributed by atoms with van der Waals surface area (Å²) in [4.78, 5) is 15.6. The van der Waals surface area contributed by atoms with Crippen molar-refractivity contribution in [2.45, 2.75) is 39.0 Å². The van der Waals surface area contributed by atoms with Crippen LogP contribution in [0.4, 0.5) is 5.82 Å². The summed E-state index contributed by atoms with van der Waals surface area (Å²) in [6.45, 7) is 2.93. The van der Waals surface area contributed by atoms with Crippen molar-refractivity contribution in [1.82, 2.24) is 4.98 Å². The number of hydrogen-bond donors (Lipinski definition) is 3. The van der Waals surface area contributed by atoms with Crippen LogP contribution in [0.3, 0.4) is 0 Å². The quantitative estimate of drug-likeness (QED) is 0.750.